The van der Waals surface area contributed by atoms with Gasteiger partial charge in [-0.3, -0.25) is 9.48 Å². The Morgan fingerprint density at radius 3 is 2.73 bits per heavy atom. The number of hydrogen-bond acceptors (Lipinski definition) is 4. The van der Waals surface area contributed by atoms with E-state index in [0.29, 0.717) is 6.42 Å². The number of hydrogen-bond donors (Lipinski definition) is 1. The van der Waals surface area contributed by atoms with Crippen LogP contribution in [0.15, 0.2) is 17.8 Å². The van der Waals surface area contributed by atoms with Gasteiger partial charge in [0.1, 0.15) is 5.01 Å². The highest BCUT2D eigenvalue weighted by Gasteiger charge is 2.34. The fraction of sp³-hybridized carbons (Fsp3) is 0.462. The molecule has 2 aromatic heterocycles. The summed E-state index contributed by atoms with van der Waals surface area (Å²) in [5, 5.41) is 7.89. The summed E-state index contributed by atoms with van der Waals surface area (Å²) < 4.78 is 39.3. The third kappa shape index (κ3) is 4.06. The number of rotatable bonds is 5. The molecular formula is C13H15F3N4OS. The van der Waals surface area contributed by atoms with Crippen molar-refractivity contribution in [3.05, 3.63) is 34.0 Å². The minimum Gasteiger partial charge on any atom is -0.347 e. The molecule has 0 aromatic carbocycles. The second-order valence-corrected chi connectivity index (χ2v) is 5.69. The standard InChI is InChI=1S/C13H15F3N4OS/c1-3-9(12-19-10(7-22-12)13(14,15)16)18-11(21)4-8-5-17-20(2)6-8/h5-7,9H,3-4H2,1-2H3,(H,18,21)/t9-/m0/s1. The minimum atomic E-state index is -4.47. The fourth-order valence-corrected chi connectivity index (χ4v) is 2.87. The lowest BCUT2D eigenvalue weighted by Gasteiger charge is -2.14. The van der Waals surface area contributed by atoms with E-state index in [1.54, 1.807) is 31.0 Å². The van der Waals surface area contributed by atoms with Crippen molar-refractivity contribution >= 4 is 17.2 Å². The molecular weight excluding hydrogens is 317 g/mol. The molecule has 2 rings (SSSR count). The van der Waals surface area contributed by atoms with E-state index in [1.807, 2.05) is 0 Å². The lowest BCUT2D eigenvalue weighted by Crippen LogP contribution is -2.29. The summed E-state index contributed by atoms with van der Waals surface area (Å²) >= 11 is 0.899. The Hall–Kier alpha value is -1.90. The maximum atomic E-state index is 12.6. The van der Waals surface area contributed by atoms with Gasteiger partial charge in [-0.1, -0.05) is 6.92 Å². The molecule has 1 atom stereocenters. The van der Waals surface area contributed by atoms with Crippen molar-refractivity contribution in [1.29, 1.82) is 0 Å². The normalized spacial score (nSPS) is 13.1. The van der Waals surface area contributed by atoms with Gasteiger partial charge in [0.15, 0.2) is 5.69 Å². The van der Waals surface area contributed by atoms with Gasteiger partial charge in [0.25, 0.3) is 0 Å². The first-order valence-corrected chi connectivity index (χ1v) is 7.47. The Morgan fingerprint density at radius 2 is 2.23 bits per heavy atom. The van der Waals surface area contributed by atoms with Gasteiger partial charge < -0.3 is 5.32 Å². The summed E-state index contributed by atoms with van der Waals surface area (Å²) in [5.74, 6) is -0.274. The van der Waals surface area contributed by atoms with E-state index >= 15 is 0 Å². The second-order valence-electron chi connectivity index (χ2n) is 4.80. The van der Waals surface area contributed by atoms with E-state index in [2.05, 4.69) is 15.4 Å². The zero-order valence-electron chi connectivity index (χ0n) is 12.0. The summed E-state index contributed by atoms with van der Waals surface area (Å²) in [7, 11) is 1.74. The number of thiazole rings is 1. The number of halogens is 3. The van der Waals surface area contributed by atoms with E-state index in [-0.39, 0.29) is 17.3 Å². The summed E-state index contributed by atoms with van der Waals surface area (Å²) in [6, 6.07) is -0.523. The second kappa shape index (κ2) is 6.47. The van der Waals surface area contributed by atoms with Crippen LogP contribution in [-0.4, -0.2) is 20.7 Å². The maximum Gasteiger partial charge on any atom is 0.434 e. The third-order valence-corrected chi connectivity index (χ3v) is 3.94. The van der Waals surface area contributed by atoms with Gasteiger partial charge in [-0.25, -0.2) is 4.98 Å². The highest BCUT2D eigenvalue weighted by molar-refractivity contribution is 7.09. The molecule has 1 amide bonds. The van der Waals surface area contributed by atoms with Crippen LogP contribution < -0.4 is 5.32 Å². The Bertz CT molecular complexity index is 650. The van der Waals surface area contributed by atoms with Gasteiger partial charge in [0, 0.05) is 18.6 Å². The Balaban J connectivity index is 2.02. The quantitative estimate of drug-likeness (QED) is 0.916. The largest absolute Gasteiger partial charge is 0.434 e. The summed E-state index contributed by atoms with van der Waals surface area (Å²) in [4.78, 5) is 15.6. The van der Waals surface area contributed by atoms with Crippen LogP contribution in [0.25, 0.3) is 0 Å². The lowest BCUT2D eigenvalue weighted by molar-refractivity contribution is -0.140. The van der Waals surface area contributed by atoms with Crippen LogP contribution in [0.5, 0.6) is 0 Å². The smallest absolute Gasteiger partial charge is 0.347 e. The number of carbonyl (C=O) groups is 1. The SMILES string of the molecule is CC[C@H](NC(=O)Cc1cnn(C)c1)c1nc(C(F)(F)F)cs1. The van der Waals surface area contributed by atoms with Gasteiger partial charge >= 0.3 is 6.18 Å². The van der Waals surface area contributed by atoms with Crippen molar-refractivity contribution in [3.63, 3.8) is 0 Å². The first-order chi connectivity index (χ1) is 10.3. The number of carbonyl (C=O) groups excluding carboxylic acids is 1. The Morgan fingerprint density at radius 1 is 1.50 bits per heavy atom. The van der Waals surface area contributed by atoms with Crippen LogP contribution in [-0.2, 0) is 24.4 Å². The molecule has 0 saturated carbocycles. The zero-order valence-corrected chi connectivity index (χ0v) is 12.8. The molecule has 0 aliphatic carbocycles. The minimum absolute atomic E-state index is 0.127. The van der Waals surface area contributed by atoms with E-state index in [4.69, 9.17) is 0 Å². The average Bonchev–Trinajstić information content (AvgIpc) is 3.04. The molecule has 0 saturated heterocycles. The van der Waals surface area contributed by atoms with Crippen LogP contribution in [0, 0.1) is 0 Å². The van der Waals surface area contributed by atoms with Crippen LogP contribution in [0.4, 0.5) is 13.2 Å². The number of nitrogens with zero attached hydrogens (tertiary/aromatic N) is 3. The zero-order chi connectivity index (χ0) is 16.3. The topological polar surface area (TPSA) is 59.8 Å². The van der Waals surface area contributed by atoms with E-state index in [0.717, 1.165) is 22.3 Å². The molecule has 120 valence electrons. The number of aryl methyl sites for hydroxylation is 1. The molecule has 0 spiro atoms. The molecule has 0 aliphatic heterocycles. The summed E-state index contributed by atoms with van der Waals surface area (Å²) in [5.41, 5.74) is -0.183. The Kier molecular flexibility index (Phi) is 4.84. The molecule has 1 N–H and O–H groups in total. The van der Waals surface area contributed by atoms with Crippen molar-refractivity contribution < 1.29 is 18.0 Å². The van der Waals surface area contributed by atoms with Crippen LogP contribution in [0.3, 0.4) is 0 Å². The van der Waals surface area contributed by atoms with Crippen molar-refractivity contribution in [2.24, 2.45) is 7.05 Å². The van der Waals surface area contributed by atoms with E-state index < -0.39 is 17.9 Å². The Labute approximate surface area is 129 Å². The van der Waals surface area contributed by atoms with Crippen LogP contribution in [0.1, 0.15) is 35.7 Å². The number of amides is 1. The van der Waals surface area contributed by atoms with Crippen LogP contribution >= 0.6 is 11.3 Å². The maximum absolute atomic E-state index is 12.6. The molecule has 5 nitrogen and oxygen atoms in total. The van der Waals surface area contributed by atoms with Gasteiger partial charge in [0.05, 0.1) is 18.7 Å². The fourth-order valence-electron chi connectivity index (χ4n) is 1.91. The number of aromatic nitrogens is 3. The molecule has 9 heteroatoms. The summed E-state index contributed by atoms with van der Waals surface area (Å²) in [6.07, 6.45) is -0.588. The van der Waals surface area contributed by atoms with Crippen molar-refractivity contribution in [2.45, 2.75) is 32.0 Å². The predicted molar refractivity (Wildman–Crippen MR) is 75.2 cm³/mol. The van der Waals surface area contributed by atoms with Gasteiger partial charge in [-0.2, -0.15) is 18.3 Å². The van der Waals surface area contributed by atoms with Crippen molar-refractivity contribution in [3.8, 4) is 0 Å². The first kappa shape index (κ1) is 16.5. The molecule has 2 aromatic rings. The molecule has 0 radical (unpaired) electrons. The molecule has 2 heterocycles. The van der Waals surface area contributed by atoms with E-state index in [1.165, 1.54) is 0 Å². The van der Waals surface area contributed by atoms with Crippen molar-refractivity contribution in [2.75, 3.05) is 0 Å². The van der Waals surface area contributed by atoms with Gasteiger partial charge in [-0.15, -0.1) is 11.3 Å². The summed E-state index contributed by atoms with van der Waals surface area (Å²) in [6.45, 7) is 1.78. The highest BCUT2D eigenvalue weighted by Crippen LogP contribution is 2.32. The molecule has 0 unspecified atom stereocenters. The number of nitrogens with one attached hydrogen (secondary N) is 1. The van der Waals surface area contributed by atoms with Crippen LogP contribution in [0.2, 0.25) is 0 Å². The van der Waals surface area contributed by atoms with Gasteiger partial charge in [0.2, 0.25) is 5.91 Å². The first-order valence-electron chi connectivity index (χ1n) is 6.59. The number of alkyl halides is 3. The third-order valence-electron chi connectivity index (χ3n) is 2.98. The highest BCUT2D eigenvalue weighted by atomic mass is 32.1. The molecule has 0 fully saturated rings. The molecule has 22 heavy (non-hydrogen) atoms. The average molecular weight is 332 g/mol. The molecule has 0 aliphatic rings. The monoisotopic (exact) mass is 332 g/mol. The molecule has 0 bridgehead atoms. The predicted octanol–water partition coefficient (Wildman–Crippen LogP) is 2.71. The lowest BCUT2D eigenvalue weighted by atomic mass is 10.2. The van der Waals surface area contributed by atoms with Crippen molar-refractivity contribution in [1.82, 2.24) is 20.1 Å². The van der Waals surface area contributed by atoms with E-state index in [9.17, 15) is 18.0 Å². The van der Waals surface area contributed by atoms with Gasteiger partial charge in [-0.05, 0) is 12.0 Å².